The van der Waals surface area contributed by atoms with E-state index in [1.807, 2.05) is 24.3 Å². The average molecular weight is 426 g/mol. The molecule has 1 saturated heterocycles. The SMILES string of the molecule is O=C(Nc1cc(Nc2ccc(N3CCOCC3)cc2)ncn1)Nc1c(F)cccc1F. The Morgan fingerprint density at radius 1 is 0.935 bits per heavy atom. The number of rotatable bonds is 5. The number of morpholine rings is 1. The number of benzene rings is 2. The highest BCUT2D eigenvalue weighted by molar-refractivity contribution is 5.99. The number of carbonyl (C=O) groups is 1. The summed E-state index contributed by atoms with van der Waals surface area (Å²) < 4.78 is 32.7. The summed E-state index contributed by atoms with van der Waals surface area (Å²) in [4.78, 5) is 22.4. The Hall–Kier alpha value is -3.79. The summed E-state index contributed by atoms with van der Waals surface area (Å²) in [6.07, 6.45) is 1.27. The average Bonchev–Trinajstić information content (AvgIpc) is 2.78. The maximum absolute atomic E-state index is 13.7. The van der Waals surface area contributed by atoms with E-state index in [4.69, 9.17) is 4.74 Å². The van der Waals surface area contributed by atoms with Crippen LogP contribution in [-0.2, 0) is 4.74 Å². The molecule has 0 radical (unpaired) electrons. The number of halogens is 2. The number of nitrogens with one attached hydrogen (secondary N) is 3. The largest absolute Gasteiger partial charge is 0.378 e. The van der Waals surface area contributed by atoms with Gasteiger partial charge in [0.15, 0.2) is 0 Å². The molecule has 8 nitrogen and oxygen atoms in total. The van der Waals surface area contributed by atoms with Crippen LogP contribution in [0.25, 0.3) is 0 Å². The number of amides is 2. The fourth-order valence-corrected chi connectivity index (χ4v) is 3.10. The molecule has 0 atom stereocenters. The van der Waals surface area contributed by atoms with Crippen LogP contribution >= 0.6 is 0 Å². The van der Waals surface area contributed by atoms with Crippen molar-refractivity contribution in [2.75, 3.05) is 47.2 Å². The van der Waals surface area contributed by atoms with Crippen molar-refractivity contribution in [1.82, 2.24) is 9.97 Å². The molecule has 2 amide bonds. The molecule has 0 bridgehead atoms. The monoisotopic (exact) mass is 426 g/mol. The van der Waals surface area contributed by atoms with Gasteiger partial charge in [0.2, 0.25) is 0 Å². The number of para-hydroxylation sites is 1. The standard InChI is InChI=1S/C21H20F2N6O2/c22-16-2-1-3-17(23)20(16)28-21(30)27-19-12-18(24-13-25-19)26-14-4-6-15(7-5-14)29-8-10-31-11-9-29/h1-7,12-13H,8-11H2,(H3,24,25,26,27,28,30). The highest BCUT2D eigenvalue weighted by Crippen LogP contribution is 2.22. The van der Waals surface area contributed by atoms with E-state index in [2.05, 4.69) is 30.8 Å². The van der Waals surface area contributed by atoms with Gasteiger partial charge in [-0.15, -0.1) is 0 Å². The van der Waals surface area contributed by atoms with Gasteiger partial charge in [-0.1, -0.05) is 6.07 Å². The Labute approximate surface area is 177 Å². The normalized spacial score (nSPS) is 13.5. The van der Waals surface area contributed by atoms with Crippen LogP contribution in [0.4, 0.5) is 42.3 Å². The van der Waals surface area contributed by atoms with Crippen molar-refractivity contribution >= 4 is 34.7 Å². The lowest BCUT2D eigenvalue weighted by Gasteiger charge is -2.28. The summed E-state index contributed by atoms with van der Waals surface area (Å²) >= 11 is 0. The Morgan fingerprint density at radius 3 is 2.32 bits per heavy atom. The minimum atomic E-state index is -0.874. The van der Waals surface area contributed by atoms with Gasteiger partial charge in [-0.2, -0.15) is 0 Å². The molecule has 2 heterocycles. The number of urea groups is 1. The smallest absolute Gasteiger partial charge is 0.325 e. The van der Waals surface area contributed by atoms with E-state index in [-0.39, 0.29) is 5.82 Å². The minimum Gasteiger partial charge on any atom is -0.378 e. The van der Waals surface area contributed by atoms with Crippen LogP contribution in [0.5, 0.6) is 0 Å². The summed E-state index contributed by atoms with van der Waals surface area (Å²) in [5.41, 5.74) is 1.38. The Bertz CT molecular complexity index is 1040. The fraction of sp³-hybridized carbons (Fsp3) is 0.190. The van der Waals surface area contributed by atoms with Gasteiger partial charge in [-0.3, -0.25) is 5.32 Å². The number of nitrogens with zero attached hydrogens (tertiary/aromatic N) is 3. The maximum atomic E-state index is 13.7. The molecule has 0 unspecified atom stereocenters. The Kier molecular flexibility index (Phi) is 6.18. The third-order valence-corrected chi connectivity index (χ3v) is 4.63. The second-order valence-corrected chi connectivity index (χ2v) is 6.74. The van der Waals surface area contributed by atoms with Crippen molar-refractivity contribution in [2.45, 2.75) is 0 Å². The van der Waals surface area contributed by atoms with Crippen molar-refractivity contribution in [3.8, 4) is 0 Å². The highest BCUT2D eigenvalue weighted by atomic mass is 19.1. The van der Waals surface area contributed by atoms with E-state index in [1.165, 1.54) is 18.5 Å². The van der Waals surface area contributed by atoms with E-state index in [1.54, 1.807) is 0 Å². The first-order valence-corrected chi connectivity index (χ1v) is 9.62. The van der Waals surface area contributed by atoms with Gasteiger partial charge in [0.1, 0.15) is 35.3 Å². The molecule has 0 spiro atoms. The van der Waals surface area contributed by atoms with Gasteiger partial charge < -0.3 is 20.3 Å². The number of hydrogen-bond donors (Lipinski definition) is 3. The lowest BCUT2D eigenvalue weighted by molar-refractivity contribution is 0.122. The van der Waals surface area contributed by atoms with Gasteiger partial charge in [0.25, 0.3) is 0 Å². The third-order valence-electron chi connectivity index (χ3n) is 4.63. The third kappa shape index (κ3) is 5.23. The molecule has 1 aliphatic rings. The molecule has 1 aromatic heterocycles. The summed E-state index contributed by atoms with van der Waals surface area (Å²) in [5.74, 6) is -1.14. The Balaban J connectivity index is 1.38. The van der Waals surface area contributed by atoms with Crippen molar-refractivity contribution in [3.63, 3.8) is 0 Å². The van der Waals surface area contributed by atoms with Crippen LogP contribution in [0.15, 0.2) is 54.9 Å². The number of ether oxygens (including phenoxy) is 1. The van der Waals surface area contributed by atoms with Gasteiger partial charge in [0, 0.05) is 30.5 Å². The maximum Gasteiger partial charge on any atom is 0.325 e. The predicted molar refractivity (Wildman–Crippen MR) is 114 cm³/mol. The van der Waals surface area contributed by atoms with Crippen LogP contribution in [0, 0.1) is 11.6 Å². The van der Waals surface area contributed by atoms with Gasteiger partial charge >= 0.3 is 6.03 Å². The first-order chi connectivity index (χ1) is 15.1. The molecule has 0 aliphatic carbocycles. The second-order valence-electron chi connectivity index (χ2n) is 6.74. The molecule has 3 N–H and O–H groups in total. The zero-order valence-electron chi connectivity index (χ0n) is 16.4. The second kappa shape index (κ2) is 9.35. The first kappa shape index (κ1) is 20.5. The first-order valence-electron chi connectivity index (χ1n) is 9.62. The molecule has 4 rings (SSSR count). The molecule has 3 aromatic rings. The molecule has 31 heavy (non-hydrogen) atoms. The van der Waals surface area contributed by atoms with E-state index < -0.39 is 23.4 Å². The number of hydrogen-bond acceptors (Lipinski definition) is 6. The van der Waals surface area contributed by atoms with E-state index in [0.717, 1.165) is 36.6 Å². The zero-order chi connectivity index (χ0) is 21.6. The lowest BCUT2D eigenvalue weighted by atomic mass is 10.2. The molecule has 1 aliphatic heterocycles. The summed E-state index contributed by atoms with van der Waals surface area (Å²) in [6.45, 7) is 3.14. The predicted octanol–water partition coefficient (Wildman–Crippen LogP) is 3.98. The molecule has 0 saturated carbocycles. The summed E-state index contributed by atoms with van der Waals surface area (Å²) in [7, 11) is 0. The van der Waals surface area contributed by atoms with Crippen molar-refractivity contribution < 1.29 is 18.3 Å². The van der Waals surface area contributed by atoms with Gasteiger partial charge in [0.05, 0.1) is 13.2 Å². The van der Waals surface area contributed by atoms with Crippen molar-refractivity contribution in [3.05, 3.63) is 66.5 Å². The van der Waals surface area contributed by atoms with E-state index in [9.17, 15) is 13.6 Å². The quantitative estimate of drug-likeness (QED) is 0.572. The molecule has 10 heteroatoms. The van der Waals surface area contributed by atoms with Gasteiger partial charge in [-0.25, -0.2) is 23.5 Å². The summed E-state index contributed by atoms with van der Waals surface area (Å²) in [6, 6.07) is 11.8. The lowest BCUT2D eigenvalue weighted by Crippen LogP contribution is -2.36. The van der Waals surface area contributed by atoms with Crippen molar-refractivity contribution in [1.29, 1.82) is 0 Å². The van der Waals surface area contributed by atoms with Crippen LogP contribution in [-0.4, -0.2) is 42.3 Å². The number of carbonyl (C=O) groups excluding carboxylic acids is 1. The highest BCUT2D eigenvalue weighted by Gasteiger charge is 2.13. The fourth-order valence-electron chi connectivity index (χ4n) is 3.10. The van der Waals surface area contributed by atoms with Crippen LogP contribution in [0.1, 0.15) is 0 Å². The van der Waals surface area contributed by atoms with Crippen LogP contribution in [0.3, 0.4) is 0 Å². The Morgan fingerprint density at radius 2 is 1.61 bits per heavy atom. The topological polar surface area (TPSA) is 91.4 Å². The summed E-state index contributed by atoms with van der Waals surface area (Å²) in [5, 5.41) is 7.70. The number of anilines is 5. The van der Waals surface area contributed by atoms with E-state index >= 15 is 0 Å². The minimum absolute atomic E-state index is 0.164. The zero-order valence-corrected chi connectivity index (χ0v) is 16.4. The molecule has 160 valence electrons. The van der Waals surface area contributed by atoms with Crippen molar-refractivity contribution in [2.24, 2.45) is 0 Å². The molecular weight excluding hydrogens is 406 g/mol. The van der Waals surface area contributed by atoms with Gasteiger partial charge in [-0.05, 0) is 36.4 Å². The van der Waals surface area contributed by atoms with Crippen LogP contribution in [0.2, 0.25) is 0 Å². The van der Waals surface area contributed by atoms with Crippen LogP contribution < -0.4 is 20.9 Å². The molecular formula is C21H20F2N6O2. The van der Waals surface area contributed by atoms with E-state index in [0.29, 0.717) is 19.0 Å². The molecule has 2 aromatic carbocycles. The number of aromatic nitrogens is 2. The molecule has 1 fully saturated rings.